The molecule has 0 saturated heterocycles. The van der Waals surface area contributed by atoms with Gasteiger partial charge in [0.25, 0.3) is 0 Å². The zero-order valence-electron chi connectivity index (χ0n) is 4.30. The lowest BCUT2D eigenvalue weighted by molar-refractivity contribution is 0.274. The van der Waals surface area contributed by atoms with Crippen LogP contribution in [0, 0.1) is 5.92 Å². The van der Waals surface area contributed by atoms with Crippen molar-refractivity contribution in [2.45, 2.75) is 0 Å². The summed E-state index contributed by atoms with van der Waals surface area (Å²) in [7, 11) is 0. The number of rotatable bonds is 3. The number of aliphatic hydroxyl groups is 1. The fourth-order valence-corrected chi connectivity index (χ4v) is 0.245. The molecule has 0 aliphatic carbocycles. The van der Waals surface area contributed by atoms with Crippen molar-refractivity contribution >= 4 is 0 Å². The summed E-state index contributed by atoms with van der Waals surface area (Å²) >= 11 is 0. The first-order valence-corrected chi connectivity index (χ1v) is 2.21. The number of aliphatic hydroxyl groups excluding tert-OH is 1. The summed E-state index contributed by atoms with van der Waals surface area (Å²) in [6.45, 7) is 7.06. The van der Waals surface area contributed by atoms with Gasteiger partial charge in [0.2, 0.25) is 0 Å². The first-order valence-electron chi connectivity index (χ1n) is 2.21. The maximum absolute atomic E-state index is 8.38. The van der Waals surface area contributed by atoms with Gasteiger partial charge in [-0.2, -0.15) is 0 Å². The Morgan fingerprint density at radius 2 is 1.86 bits per heavy atom. The Morgan fingerprint density at radius 1 is 1.43 bits per heavy atom. The molecule has 0 heterocycles. The lowest BCUT2D eigenvalue weighted by Gasteiger charge is -1.96. The van der Waals surface area contributed by atoms with Crippen LogP contribution >= 0.6 is 0 Å². The average molecular weight is 98.1 g/mol. The van der Waals surface area contributed by atoms with Crippen molar-refractivity contribution in [3.63, 3.8) is 0 Å². The maximum Gasteiger partial charge on any atom is 0.0528 e. The van der Waals surface area contributed by atoms with Gasteiger partial charge in [-0.1, -0.05) is 12.2 Å². The molecule has 0 bridgehead atoms. The fraction of sp³-hybridized carbons (Fsp3) is 0.333. The van der Waals surface area contributed by atoms with E-state index in [4.69, 9.17) is 5.11 Å². The van der Waals surface area contributed by atoms with E-state index in [1.165, 1.54) is 0 Å². The van der Waals surface area contributed by atoms with Gasteiger partial charge in [0.05, 0.1) is 6.61 Å². The van der Waals surface area contributed by atoms with Gasteiger partial charge in [-0.3, -0.25) is 0 Å². The Morgan fingerprint density at radius 3 is 1.86 bits per heavy atom. The third-order valence-electron chi connectivity index (χ3n) is 0.816. The van der Waals surface area contributed by atoms with Gasteiger partial charge in [0, 0.05) is 5.92 Å². The minimum Gasteiger partial charge on any atom is -0.395 e. The fourth-order valence-electron chi connectivity index (χ4n) is 0.245. The summed E-state index contributed by atoms with van der Waals surface area (Å²) in [6, 6.07) is 0. The Balaban J connectivity index is 3.36. The van der Waals surface area contributed by atoms with E-state index < -0.39 is 0 Å². The second-order valence-corrected chi connectivity index (χ2v) is 1.32. The van der Waals surface area contributed by atoms with Crippen LogP contribution in [0.3, 0.4) is 0 Å². The molecule has 1 nitrogen and oxygen atoms in total. The lowest BCUT2D eigenvalue weighted by Crippen LogP contribution is -1.95. The Kier molecular flexibility index (Phi) is 3.33. The summed E-state index contributed by atoms with van der Waals surface area (Å²) < 4.78 is 0. The van der Waals surface area contributed by atoms with Crippen LogP contribution in [0.4, 0.5) is 0 Å². The molecule has 0 unspecified atom stereocenters. The van der Waals surface area contributed by atoms with E-state index in [9.17, 15) is 0 Å². The molecule has 0 rings (SSSR count). The SMILES string of the molecule is C=CC(C=C)CO. The minimum atomic E-state index is 0.0694. The molecular weight excluding hydrogens is 88.1 g/mol. The molecule has 0 aliphatic heterocycles. The van der Waals surface area contributed by atoms with Crippen molar-refractivity contribution in [2.75, 3.05) is 6.61 Å². The van der Waals surface area contributed by atoms with Crippen molar-refractivity contribution < 1.29 is 5.11 Å². The Labute approximate surface area is 44.0 Å². The summed E-state index contributed by atoms with van der Waals surface area (Å²) in [5.41, 5.74) is 0. The molecule has 40 valence electrons. The van der Waals surface area contributed by atoms with Crippen molar-refractivity contribution in [1.29, 1.82) is 0 Å². The minimum absolute atomic E-state index is 0.0694. The van der Waals surface area contributed by atoms with Crippen molar-refractivity contribution in [3.8, 4) is 0 Å². The van der Waals surface area contributed by atoms with E-state index in [1.54, 1.807) is 12.2 Å². The molecule has 0 aromatic rings. The van der Waals surface area contributed by atoms with Crippen LogP contribution in [-0.4, -0.2) is 11.7 Å². The molecule has 0 aliphatic rings. The van der Waals surface area contributed by atoms with Gasteiger partial charge >= 0.3 is 0 Å². The van der Waals surface area contributed by atoms with Crippen LogP contribution in [0.1, 0.15) is 0 Å². The van der Waals surface area contributed by atoms with E-state index in [-0.39, 0.29) is 12.5 Å². The van der Waals surface area contributed by atoms with Crippen molar-refractivity contribution in [3.05, 3.63) is 25.3 Å². The molecule has 0 aromatic carbocycles. The second-order valence-electron chi connectivity index (χ2n) is 1.32. The van der Waals surface area contributed by atoms with Crippen molar-refractivity contribution in [2.24, 2.45) is 5.92 Å². The van der Waals surface area contributed by atoms with E-state index >= 15 is 0 Å². The molecule has 0 atom stereocenters. The quantitative estimate of drug-likeness (QED) is 0.521. The van der Waals surface area contributed by atoms with Gasteiger partial charge in [0.15, 0.2) is 0 Å². The monoisotopic (exact) mass is 98.1 g/mol. The Hall–Kier alpha value is -0.560. The van der Waals surface area contributed by atoms with Crippen LogP contribution in [0.15, 0.2) is 25.3 Å². The van der Waals surface area contributed by atoms with E-state index in [2.05, 4.69) is 13.2 Å². The molecule has 0 fully saturated rings. The van der Waals surface area contributed by atoms with Crippen LogP contribution in [0.2, 0.25) is 0 Å². The summed E-state index contributed by atoms with van der Waals surface area (Å²) in [6.07, 6.45) is 3.32. The van der Waals surface area contributed by atoms with Gasteiger partial charge < -0.3 is 5.11 Å². The first kappa shape index (κ1) is 6.44. The van der Waals surface area contributed by atoms with Crippen LogP contribution in [0.25, 0.3) is 0 Å². The molecular formula is C6H10O. The zero-order chi connectivity index (χ0) is 5.70. The average Bonchev–Trinajstić information content (AvgIpc) is 1.72. The smallest absolute Gasteiger partial charge is 0.0528 e. The maximum atomic E-state index is 8.38. The highest BCUT2D eigenvalue weighted by Crippen LogP contribution is 1.93. The predicted octanol–water partition coefficient (Wildman–Crippen LogP) is 0.967. The van der Waals surface area contributed by atoms with Crippen LogP contribution in [-0.2, 0) is 0 Å². The third kappa shape index (κ3) is 2.18. The van der Waals surface area contributed by atoms with Crippen LogP contribution in [0.5, 0.6) is 0 Å². The standard InChI is InChI=1S/C6H10O/c1-3-6(4-2)5-7/h3-4,6-7H,1-2,5H2. The molecule has 0 radical (unpaired) electrons. The lowest BCUT2D eigenvalue weighted by atomic mass is 10.2. The van der Waals surface area contributed by atoms with E-state index in [0.29, 0.717) is 0 Å². The van der Waals surface area contributed by atoms with Gasteiger partial charge in [0.1, 0.15) is 0 Å². The van der Waals surface area contributed by atoms with Crippen LogP contribution < -0.4 is 0 Å². The molecule has 1 heteroatoms. The van der Waals surface area contributed by atoms with Gasteiger partial charge in [-0.05, 0) is 0 Å². The second kappa shape index (κ2) is 3.62. The molecule has 0 spiro atoms. The molecule has 0 aromatic heterocycles. The predicted molar refractivity (Wildman–Crippen MR) is 31.0 cm³/mol. The summed E-state index contributed by atoms with van der Waals surface area (Å²) in [5, 5.41) is 8.38. The van der Waals surface area contributed by atoms with Gasteiger partial charge in [-0.15, -0.1) is 13.2 Å². The Bertz CT molecular complexity index is 58.6. The largest absolute Gasteiger partial charge is 0.395 e. The number of hydrogen-bond donors (Lipinski definition) is 1. The molecule has 7 heavy (non-hydrogen) atoms. The highest BCUT2D eigenvalue weighted by Gasteiger charge is 1.89. The van der Waals surface area contributed by atoms with E-state index in [0.717, 1.165) is 0 Å². The normalized spacial score (nSPS) is 8.86. The molecule has 0 amide bonds. The van der Waals surface area contributed by atoms with E-state index in [1.807, 2.05) is 0 Å². The summed E-state index contributed by atoms with van der Waals surface area (Å²) in [5.74, 6) is 0.0694. The number of hydrogen-bond acceptors (Lipinski definition) is 1. The first-order chi connectivity index (χ1) is 3.35. The summed E-state index contributed by atoms with van der Waals surface area (Å²) in [4.78, 5) is 0. The van der Waals surface area contributed by atoms with Gasteiger partial charge in [-0.25, -0.2) is 0 Å². The third-order valence-corrected chi connectivity index (χ3v) is 0.816. The highest BCUT2D eigenvalue weighted by molar-refractivity contribution is 4.90. The topological polar surface area (TPSA) is 20.2 Å². The molecule has 1 N–H and O–H groups in total. The molecule has 0 saturated carbocycles. The zero-order valence-corrected chi connectivity index (χ0v) is 4.30. The highest BCUT2D eigenvalue weighted by atomic mass is 16.3. The van der Waals surface area contributed by atoms with Crippen molar-refractivity contribution in [1.82, 2.24) is 0 Å².